The topological polar surface area (TPSA) is 49.4 Å². The Bertz CT molecular complexity index is 272. The molecular weight excluding hydrogens is 228 g/mol. The lowest BCUT2D eigenvalue weighted by Crippen LogP contribution is -2.48. The number of likely N-dealkylation sites (tertiary alicyclic amines) is 1. The van der Waals surface area contributed by atoms with Crippen LogP contribution in [0.4, 0.5) is 0 Å². The Morgan fingerprint density at radius 1 is 1.17 bits per heavy atom. The molecule has 1 aliphatic rings. The molecule has 1 atom stereocenters. The second kappa shape index (κ2) is 7.52. The zero-order valence-corrected chi connectivity index (χ0v) is 11.9. The van der Waals surface area contributed by atoms with E-state index in [0.717, 1.165) is 25.8 Å². The molecule has 1 aliphatic heterocycles. The summed E-state index contributed by atoms with van der Waals surface area (Å²) in [7, 11) is 0. The quantitative estimate of drug-likeness (QED) is 0.737. The zero-order chi connectivity index (χ0) is 13.5. The van der Waals surface area contributed by atoms with E-state index in [0.29, 0.717) is 25.3 Å². The lowest BCUT2D eigenvalue weighted by atomic mass is 10.0. The van der Waals surface area contributed by atoms with Crippen LogP contribution in [0.3, 0.4) is 0 Å². The van der Waals surface area contributed by atoms with Crippen molar-refractivity contribution in [1.29, 1.82) is 0 Å². The number of carbonyl (C=O) groups excluding carboxylic acids is 2. The van der Waals surface area contributed by atoms with E-state index in [2.05, 4.69) is 26.1 Å². The molecule has 1 N–H and O–H groups in total. The van der Waals surface area contributed by atoms with Crippen molar-refractivity contribution < 1.29 is 9.59 Å². The van der Waals surface area contributed by atoms with Gasteiger partial charge in [0, 0.05) is 25.4 Å². The number of imide groups is 1. The van der Waals surface area contributed by atoms with Crippen molar-refractivity contribution in [2.45, 2.75) is 58.9 Å². The summed E-state index contributed by atoms with van der Waals surface area (Å²) in [4.78, 5) is 25.3. The standard InChI is InChI=1S/C14H26N2O2/c1-4-9-15-12(11(2)3)10-16-13(17)7-5-6-8-14(16)18/h11-12,15H,4-10H2,1-3H3. The van der Waals surface area contributed by atoms with Crippen LogP contribution in [-0.4, -0.2) is 35.8 Å². The van der Waals surface area contributed by atoms with E-state index in [1.165, 1.54) is 4.90 Å². The van der Waals surface area contributed by atoms with E-state index >= 15 is 0 Å². The fraction of sp³-hybridized carbons (Fsp3) is 0.857. The van der Waals surface area contributed by atoms with Gasteiger partial charge in [-0.25, -0.2) is 0 Å². The number of rotatable bonds is 6. The summed E-state index contributed by atoms with van der Waals surface area (Å²) in [6.45, 7) is 7.82. The van der Waals surface area contributed by atoms with E-state index < -0.39 is 0 Å². The molecule has 18 heavy (non-hydrogen) atoms. The Hall–Kier alpha value is -0.900. The third kappa shape index (κ3) is 4.41. The van der Waals surface area contributed by atoms with Crippen LogP contribution in [0.2, 0.25) is 0 Å². The SMILES string of the molecule is CCCNC(CN1C(=O)CCCCC1=O)C(C)C. The van der Waals surface area contributed by atoms with Crippen molar-refractivity contribution in [2.24, 2.45) is 5.92 Å². The van der Waals surface area contributed by atoms with Gasteiger partial charge in [-0.15, -0.1) is 0 Å². The van der Waals surface area contributed by atoms with Crippen molar-refractivity contribution in [3.05, 3.63) is 0 Å². The lowest BCUT2D eigenvalue weighted by molar-refractivity contribution is -0.144. The van der Waals surface area contributed by atoms with Crippen molar-refractivity contribution in [1.82, 2.24) is 10.2 Å². The highest BCUT2D eigenvalue weighted by Gasteiger charge is 2.27. The van der Waals surface area contributed by atoms with E-state index in [1.54, 1.807) is 0 Å². The van der Waals surface area contributed by atoms with Crippen LogP contribution in [-0.2, 0) is 9.59 Å². The molecule has 0 saturated carbocycles. The second-order valence-corrected chi connectivity index (χ2v) is 5.41. The molecule has 1 heterocycles. The number of hydrogen-bond acceptors (Lipinski definition) is 3. The third-order valence-electron chi connectivity index (χ3n) is 3.47. The second-order valence-electron chi connectivity index (χ2n) is 5.41. The van der Waals surface area contributed by atoms with Crippen LogP contribution in [0.15, 0.2) is 0 Å². The Morgan fingerprint density at radius 3 is 2.17 bits per heavy atom. The van der Waals surface area contributed by atoms with Gasteiger partial charge in [-0.1, -0.05) is 20.8 Å². The van der Waals surface area contributed by atoms with Gasteiger partial charge in [0.15, 0.2) is 0 Å². The highest BCUT2D eigenvalue weighted by molar-refractivity contribution is 5.96. The number of carbonyl (C=O) groups is 2. The maximum Gasteiger partial charge on any atom is 0.229 e. The van der Waals surface area contributed by atoms with Crippen LogP contribution in [0.5, 0.6) is 0 Å². The Balaban J connectivity index is 2.64. The monoisotopic (exact) mass is 254 g/mol. The minimum atomic E-state index is 0.00134. The van der Waals surface area contributed by atoms with Crippen LogP contribution in [0, 0.1) is 5.92 Å². The van der Waals surface area contributed by atoms with Gasteiger partial charge in [-0.05, 0) is 31.7 Å². The molecule has 1 fully saturated rings. The predicted molar refractivity (Wildman–Crippen MR) is 72.1 cm³/mol. The summed E-state index contributed by atoms with van der Waals surface area (Å²) in [6, 6.07) is 0.205. The van der Waals surface area contributed by atoms with Gasteiger partial charge in [0.05, 0.1) is 0 Å². The fourth-order valence-electron chi connectivity index (χ4n) is 2.20. The molecule has 104 valence electrons. The van der Waals surface area contributed by atoms with Crippen molar-refractivity contribution in [2.75, 3.05) is 13.1 Å². The van der Waals surface area contributed by atoms with Crippen LogP contribution < -0.4 is 5.32 Å². The summed E-state index contributed by atoms with van der Waals surface area (Å²) >= 11 is 0. The minimum absolute atomic E-state index is 0.00134. The van der Waals surface area contributed by atoms with Crippen LogP contribution in [0.1, 0.15) is 52.9 Å². The molecule has 0 aromatic carbocycles. The normalized spacial score (nSPS) is 19.2. The van der Waals surface area contributed by atoms with Gasteiger partial charge in [-0.2, -0.15) is 0 Å². The Labute approximate surface area is 110 Å². The molecule has 0 aliphatic carbocycles. The third-order valence-corrected chi connectivity index (χ3v) is 3.47. The molecule has 1 saturated heterocycles. The summed E-state index contributed by atoms with van der Waals surface area (Å²) in [5, 5.41) is 3.43. The summed E-state index contributed by atoms with van der Waals surface area (Å²) < 4.78 is 0. The predicted octanol–water partition coefficient (Wildman–Crippen LogP) is 1.94. The van der Waals surface area contributed by atoms with Gasteiger partial charge in [0.2, 0.25) is 11.8 Å². The maximum absolute atomic E-state index is 11.9. The minimum Gasteiger partial charge on any atom is -0.312 e. The van der Waals surface area contributed by atoms with Gasteiger partial charge in [-0.3, -0.25) is 14.5 Å². The number of nitrogens with one attached hydrogen (secondary N) is 1. The number of amides is 2. The van der Waals surface area contributed by atoms with Gasteiger partial charge < -0.3 is 5.32 Å². The molecule has 2 amide bonds. The lowest BCUT2D eigenvalue weighted by Gasteiger charge is -2.28. The van der Waals surface area contributed by atoms with E-state index in [9.17, 15) is 9.59 Å². The van der Waals surface area contributed by atoms with Crippen LogP contribution in [0.25, 0.3) is 0 Å². The molecular formula is C14H26N2O2. The molecule has 4 nitrogen and oxygen atoms in total. The molecule has 0 bridgehead atoms. The number of nitrogens with zero attached hydrogens (tertiary/aromatic N) is 1. The molecule has 1 rings (SSSR count). The molecule has 0 spiro atoms. The van der Waals surface area contributed by atoms with Gasteiger partial charge in [0.1, 0.15) is 0 Å². The van der Waals surface area contributed by atoms with Crippen molar-refractivity contribution in [3.63, 3.8) is 0 Å². The molecule has 1 unspecified atom stereocenters. The van der Waals surface area contributed by atoms with Crippen molar-refractivity contribution >= 4 is 11.8 Å². The van der Waals surface area contributed by atoms with Crippen LogP contribution >= 0.6 is 0 Å². The van der Waals surface area contributed by atoms with E-state index in [-0.39, 0.29) is 17.9 Å². The molecule has 4 heteroatoms. The fourth-order valence-corrected chi connectivity index (χ4v) is 2.20. The van der Waals surface area contributed by atoms with Crippen molar-refractivity contribution in [3.8, 4) is 0 Å². The Morgan fingerprint density at radius 2 is 1.72 bits per heavy atom. The largest absolute Gasteiger partial charge is 0.312 e. The Kier molecular flexibility index (Phi) is 6.33. The average molecular weight is 254 g/mol. The van der Waals surface area contributed by atoms with Gasteiger partial charge in [0.25, 0.3) is 0 Å². The first-order chi connectivity index (χ1) is 8.56. The molecule has 0 aromatic heterocycles. The first-order valence-corrected chi connectivity index (χ1v) is 7.12. The molecule has 0 radical (unpaired) electrons. The van der Waals surface area contributed by atoms with Gasteiger partial charge >= 0.3 is 0 Å². The summed E-state index contributed by atoms with van der Waals surface area (Å²) in [5.74, 6) is 0.420. The first kappa shape index (κ1) is 15.2. The summed E-state index contributed by atoms with van der Waals surface area (Å²) in [5.41, 5.74) is 0. The molecule has 0 aromatic rings. The smallest absolute Gasteiger partial charge is 0.229 e. The zero-order valence-electron chi connectivity index (χ0n) is 11.9. The highest BCUT2D eigenvalue weighted by Crippen LogP contribution is 2.14. The maximum atomic E-state index is 11.9. The average Bonchev–Trinajstić information content (AvgIpc) is 2.47. The van der Waals surface area contributed by atoms with E-state index in [1.807, 2.05) is 0 Å². The number of hydrogen-bond donors (Lipinski definition) is 1. The van der Waals surface area contributed by atoms with E-state index in [4.69, 9.17) is 0 Å². The highest BCUT2D eigenvalue weighted by atomic mass is 16.2. The first-order valence-electron chi connectivity index (χ1n) is 7.12. The summed E-state index contributed by atoms with van der Waals surface area (Å²) in [6.07, 6.45) is 3.78.